The Morgan fingerprint density at radius 1 is 1.12 bits per heavy atom. The summed E-state index contributed by atoms with van der Waals surface area (Å²) in [6, 6.07) is 15.3. The minimum atomic E-state index is -4.48. The molecule has 0 bridgehead atoms. The highest BCUT2D eigenvalue weighted by atomic mass is 19.4. The topological polar surface area (TPSA) is 67.2 Å². The molecule has 1 atom stereocenters. The number of piperidine rings is 1. The standard InChI is InChI=1S/C25H25F3N4O2/c1-2-17-8-10-21(11-9-17)32-23(33)13-12-22(30-32)31-14-4-5-18(16-31)24(34)29-20-7-3-6-19(15-20)25(26,27)28/h3,6-13,15,18H,2,4-5,14,16H2,1H3,(H,29,34). The second-order valence-electron chi connectivity index (χ2n) is 8.31. The van der Waals surface area contributed by atoms with Gasteiger partial charge in [-0.25, -0.2) is 0 Å². The first kappa shape index (κ1) is 23.5. The van der Waals surface area contributed by atoms with Crippen molar-refractivity contribution in [2.24, 2.45) is 5.92 Å². The molecule has 1 aliphatic heterocycles. The molecule has 1 amide bonds. The second-order valence-corrected chi connectivity index (χ2v) is 8.31. The van der Waals surface area contributed by atoms with Crippen LogP contribution in [0.4, 0.5) is 24.7 Å². The van der Waals surface area contributed by atoms with E-state index in [4.69, 9.17) is 0 Å². The maximum atomic E-state index is 13.0. The normalized spacial score (nSPS) is 16.4. The fraction of sp³-hybridized carbons (Fsp3) is 0.320. The molecule has 2 heterocycles. The van der Waals surface area contributed by atoms with E-state index in [0.29, 0.717) is 37.4 Å². The Morgan fingerprint density at radius 2 is 1.88 bits per heavy atom. The number of hydrogen-bond donors (Lipinski definition) is 1. The molecule has 1 aromatic heterocycles. The smallest absolute Gasteiger partial charge is 0.354 e. The Labute approximate surface area is 195 Å². The molecule has 3 aromatic rings. The summed E-state index contributed by atoms with van der Waals surface area (Å²) in [6.07, 6.45) is -2.26. The second kappa shape index (κ2) is 9.70. The van der Waals surface area contributed by atoms with Gasteiger partial charge in [-0.05, 0) is 61.2 Å². The third-order valence-electron chi connectivity index (χ3n) is 5.95. The van der Waals surface area contributed by atoms with Crippen LogP contribution in [0.1, 0.15) is 30.9 Å². The van der Waals surface area contributed by atoms with Crippen molar-refractivity contribution < 1.29 is 18.0 Å². The van der Waals surface area contributed by atoms with E-state index in [1.807, 2.05) is 29.2 Å². The number of rotatable bonds is 5. The van der Waals surface area contributed by atoms with Crippen LogP contribution in [0.3, 0.4) is 0 Å². The molecule has 0 spiro atoms. The Morgan fingerprint density at radius 3 is 2.59 bits per heavy atom. The van der Waals surface area contributed by atoms with Gasteiger partial charge in [-0.1, -0.05) is 25.1 Å². The van der Waals surface area contributed by atoms with E-state index in [2.05, 4.69) is 17.3 Å². The third-order valence-corrected chi connectivity index (χ3v) is 5.95. The number of aromatic nitrogens is 2. The van der Waals surface area contributed by atoms with E-state index < -0.39 is 17.7 Å². The number of benzene rings is 2. The molecule has 0 radical (unpaired) electrons. The number of carbonyl (C=O) groups is 1. The first-order chi connectivity index (χ1) is 16.2. The summed E-state index contributed by atoms with van der Waals surface area (Å²) in [6.45, 7) is 3.06. The van der Waals surface area contributed by atoms with Crippen molar-refractivity contribution in [3.8, 4) is 5.69 Å². The van der Waals surface area contributed by atoms with Gasteiger partial charge in [0.05, 0.1) is 17.2 Å². The van der Waals surface area contributed by atoms with Crippen LogP contribution < -0.4 is 15.8 Å². The molecule has 1 fully saturated rings. The zero-order chi connectivity index (χ0) is 24.3. The largest absolute Gasteiger partial charge is 0.416 e. The minimum absolute atomic E-state index is 0.110. The molecular weight excluding hydrogens is 445 g/mol. The van der Waals surface area contributed by atoms with Crippen molar-refractivity contribution in [2.75, 3.05) is 23.3 Å². The van der Waals surface area contributed by atoms with E-state index >= 15 is 0 Å². The maximum absolute atomic E-state index is 13.0. The lowest BCUT2D eigenvalue weighted by Crippen LogP contribution is -2.41. The number of aryl methyl sites for hydroxylation is 1. The number of nitrogens with one attached hydrogen (secondary N) is 1. The lowest BCUT2D eigenvalue weighted by atomic mass is 9.97. The van der Waals surface area contributed by atoms with Crippen molar-refractivity contribution in [1.82, 2.24) is 9.78 Å². The van der Waals surface area contributed by atoms with Crippen molar-refractivity contribution in [1.29, 1.82) is 0 Å². The zero-order valence-corrected chi connectivity index (χ0v) is 18.7. The van der Waals surface area contributed by atoms with Crippen LogP contribution in [0.15, 0.2) is 65.5 Å². The Balaban J connectivity index is 1.49. The molecule has 4 rings (SSSR count). The van der Waals surface area contributed by atoms with E-state index in [-0.39, 0.29) is 17.2 Å². The summed E-state index contributed by atoms with van der Waals surface area (Å²) < 4.78 is 40.2. The van der Waals surface area contributed by atoms with Gasteiger partial charge >= 0.3 is 6.18 Å². The maximum Gasteiger partial charge on any atom is 0.416 e. The Bertz CT molecular complexity index is 1220. The van der Waals surface area contributed by atoms with E-state index in [1.54, 1.807) is 6.07 Å². The van der Waals surface area contributed by atoms with E-state index in [1.165, 1.54) is 22.9 Å². The fourth-order valence-electron chi connectivity index (χ4n) is 4.04. The molecule has 0 aliphatic carbocycles. The number of alkyl halides is 3. The highest BCUT2D eigenvalue weighted by Gasteiger charge is 2.31. The SMILES string of the molecule is CCc1ccc(-n2nc(N3CCCC(C(=O)Nc4cccc(C(F)(F)F)c4)C3)ccc2=O)cc1. The summed E-state index contributed by atoms with van der Waals surface area (Å²) in [7, 11) is 0. The quantitative estimate of drug-likeness (QED) is 0.589. The summed E-state index contributed by atoms with van der Waals surface area (Å²) in [4.78, 5) is 27.2. The molecule has 6 nitrogen and oxygen atoms in total. The summed E-state index contributed by atoms with van der Waals surface area (Å²) in [5, 5.41) is 7.12. The van der Waals surface area contributed by atoms with Crippen molar-refractivity contribution in [2.45, 2.75) is 32.4 Å². The van der Waals surface area contributed by atoms with Gasteiger partial charge in [0.15, 0.2) is 0 Å². The van der Waals surface area contributed by atoms with Gasteiger partial charge in [0.25, 0.3) is 5.56 Å². The number of anilines is 2. The number of hydrogen-bond acceptors (Lipinski definition) is 4. The van der Waals surface area contributed by atoms with Gasteiger partial charge in [-0.2, -0.15) is 17.9 Å². The van der Waals surface area contributed by atoms with Crippen molar-refractivity contribution in [3.05, 3.63) is 82.1 Å². The van der Waals surface area contributed by atoms with Gasteiger partial charge in [-0.3, -0.25) is 9.59 Å². The fourth-order valence-corrected chi connectivity index (χ4v) is 4.04. The molecule has 0 saturated carbocycles. The third kappa shape index (κ3) is 5.30. The van der Waals surface area contributed by atoms with Crippen molar-refractivity contribution >= 4 is 17.4 Å². The van der Waals surface area contributed by atoms with Gasteiger partial charge < -0.3 is 10.2 Å². The summed E-state index contributed by atoms with van der Waals surface area (Å²) >= 11 is 0. The number of amides is 1. The van der Waals surface area contributed by atoms with Crippen LogP contribution in [0, 0.1) is 5.92 Å². The Hall–Kier alpha value is -3.62. The molecule has 178 valence electrons. The Kier molecular flexibility index (Phi) is 6.72. The first-order valence-corrected chi connectivity index (χ1v) is 11.2. The van der Waals surface area contributed by atoms with Crippen LogP contribution in [0.5, 0.6) is 0 Å². The molecule has 1 unspecified atom stereocenters. The predicted molar refractivity (Wildman–Crippen MR) is 124 cm³/mol. The molecular formula is C25H25F3N4O2. The monoisotopic (exact) mass is 470 g/mol. The minimum Gasteiger partial charge on any atom is -0.354 e. The van der Waals surface area contributed by atoms with Gasteiger partial charge in [-0.15, -0.1) is 5.10 Å². The average Bonchev–Trinajstić information content (AvgIpc) is 2.84. The van der Waals surface area contributed by atoms with Gasteiger partial charge in [0.2, 0.25) is 5.91 Å². The molecule has 1 saturated heterocycles. The molecule has 34 heavy (non-hydrogen) atoms. The molecule has 1 N–H and O–H groups in total. The number of halogens is 3. The van der Waals surface area contributed by atoms with Crippen LogP contribution in [0.2, 0.25) is 0 Å². The predicted octanol–water partition coefficient (Wildman–Crippen LogP) is 4.67. The van der Waals surface area contributed by atoms with Crippen molar-refractivity contribution in [3.63, 3.8) is 0 Å². The zero-order valence-electron chi connectivity index (χ0n) is 18.7. The molecule has 2 aromatic carbocycles. The van der Waals surface area contributed by atoms with E-state index in [0.717, 1.165) is 24.1 Å². The van der Waals surface area contributed by atoms with Crippen LogP contribution in [-0.2, 0) is 17.4 Å². The highest BCUT2D eigenvalue weighted by Crippen LogP contribution is 2.31. The van der Waals surface area contributed by atoms with Crippen LogP contribution >= 0.6 is 0 Å². The summed E-state index contributed by atoms with van der Waals surface area (Å²) in [5.74, 6) is -0.197. The highest BCUT2D eigenvalue weighted by molar-refractivity contribution is 5.93. The summed E-state index contributed by atoms with van der Waals surface area (Å²) in [5.41, 5.74) is 0.843. The number of carbonyl (C=O) groups excluding carboxylic acids is 1. The lowest BCUT2D eigenvalue weighted by Gasteiger charge is -2.33. The first-order valence-electron chi connectivity index (χ1n) is 11.2. The number of nitrogens with zero attached hydrogens (tertiary/aromatic N) is 3. The lowest BCUT2D eigenvalue weighted by molar-refractivity contribution is -0.137. The van der Waals surface area contributed by atoms with Crippen LogP contribution in [0.25, 0.3) is 5.69 Å². The van der Waals surface area contributed by atoms with Crippen LogP contribution in [-0.4, -0.2) is 28.8 Å². The molecule has 1 aliphatic rings. The van der Waals surface area contributed by atoms with Gasteiger partial charge in [0.1, 0.15) is 5.82 Å². The average molecular weight is 470 g/mol. The van der Waals surface area contributed by atoms with E-state index in [9.17, 15) is 22.8 Å². The molecule has 9 heteroatoms. The van der Waals surface area contributed by atoms with Gasteiger partial charge in [0, 0.05) is 24.8 Å².